The summed E-state index contributed by atoms with van der Waals surface area (Å²) in [5, 5.41) is 8.70. The summed E-state index contributed by atoms with van der Waals surface area (Å²) < 4.78 is 13.1. The lowest BCUT2D eigenvalue weighted by molar-refractivity contribution is 0.627. The lowest BCUT2D eigenvalue weighted by atomic mass is 10.2. The number of halogens is 1. The fourth-order valence-corrected chi connectivity index (χ4v) is 1.36. The lowest BCUT2D eigenvalue weighted by Crippen LogP contribution is -2.19. The highest BCUT2D eigenvalue weighted by Crippen LogP contribution is 2.17. The molecule has 0 heterocycles. The first-order valence-corrected chi connectivity index (χ1v) is 4.59. The molecular formula is C12H13FN2. The van der Waals surface area contributed by atoms with Crippen molar-refractivity contribution in [3.63, 3.8) is 0 Å². The van der Waals surface area contributed by atoms with Crippen LogP contribution in [0.3, 0.4) is 0 Å². The summed E-state index contributed by atoms with van der Waals surface area (Å²) >= 11 is 0. The second kappa shape index (κ2) is 4.61. The average molecular weight is 204 g/mol. The second-order valence-electron chi connectivity index (χ2n) is 3.62. The van der Waals surface area contributed by atoms with Crippen molar-refractivity contribution in [2.24, 2.45) is 0 Å². The SMILES string of the molecule is C=C(C)CN(C)c1cc(F)cc(C#N)c1. The topological polar surface area (TPSA) is 27.0 Å². The standard InChI is InChI=1S/C12H13FN2/c1-9(2)8-15(3)12-5-10(7-14)4-11(13)6-12/h4-6H,1,8H2,2-3H3. The quantitative estimate of drug-likeness (QED) is 0.708. The molecule has 0 unspecified atom stereocenters. The van der Waals surface area contributed by atoms with Crippen molar-refractivity contribution in [2.45, 2.75) is 6.92 Å². The van der Waals surface area contributed by atoms with Gasteiger partial charge in [0.15, 0.2) is 0 Å². The lowest BCUT2D eigenvalue weighted by Gasteiger charge is -2.19. The van der Waals surface area contributed by atoms with Crippen LogP contribution in [0.15, 0.2) is 30.4 Å². The van der Waals surface area contributed by atoms with Gasteiger partial charge >= 0.3 is 0 Å². The average Bonchev–Trinajstić information content (AvgIpc) is 2.15. The molecule has 0 spiro atoms. The van der Waals surface area contributed by atoms with E-state index in [0.717, 1.165) is 5.57 Å². The number of benzene rings is 1. The molecule has 0 saturated heterocycles. The van der Waals surface area contributed by atoms with Crippen molar-refractivity contribution >= 4 is 5.69 Å². The maximum atomic E-state index is 13.1. The molecule has 1 rings (SSSR count). The van der Waals surface area contributed by atoms with E-state index in [4.69, 9.17) is 5.26 Å². The van der Waals surface area contributed by atoms with Gasteiger partial charge in [0.25, 0.3) is 0 Å². The molecule has 0 saturated carbocycles. The van der Waals surface area contributed by atoms with Crippen LogP contribution in [0.4, 0.5) is 10.1 Å². The molecule has 0 amide bonds. The van der Waals surface area contributed by atoms with Crippen molar-refractivity contribution in [3.8, 4) is 6.07 Å². The Morgan fingerprint density at radius 1 is 1.53 bits per heavy atom. The molecule has 0 N–H and O–H groups in total. The van der Waals surface area contributed by atoms with Crippen LogP contribution in [0, 0.1) is 17.1 Å². The predicted octanol–water partition coefficient (Wildman–Crippen LogP) is 2.71. The van der Waals surface area contributed by atoms with Crippen LogP contribution in [-0.2, 0) is 0 Å². The van der Waals surface area contributed by atoms with Crippen LogP contribution in [0.25, 0.3) is 0 Å². The summed E-state index contributed by atoms with van der Waals surface area (Å²) in [5.74, 6) is -0.391. The highest BCUT2D eigenvalue weighted by molar-refractivity contribution is 5.52. The van der Waals surface area contributed by atoms with Gasteiger partial charge in [-0.2, -0.15) is 5.26 Å². The molecule has 78 valence electrons. The smallest absolute Gasteiger partial charge is 0.126 e. The summed E-state index contributed by atoms with van der Waals surface area (Å²) in [6.45, 7) is 6.34. The summed E-state index contributed by atoms with van der Waals surface area (Å²) in [6.07, 6.45) is 0. The highest BCUT2D eigenvalue weighted by Gasteiger charge is 2.04. The zero-order valence-electron chi connectivity index (χ0n) is 8.92. The normalized spacial score (nSPS) is 9.47. The highest BCUT2D eigenvalue weighted by atomic mass is 19.1. The van der Waals surface area contributed by atoms with Gasteiger partial charge in [0.05, 0.1) is 11.6 Å². The minimum Gasteiger partial charge on any atom is -0.371 e. The van der Waals surface area contributed by atoms with E-state index in [1.165, 1.54) is 12.1 Å². The minimum atomic E-state index is -0.391. The molecule has 0 radical (unpaired) electrons. The first-order chi connectivity index (χ1) is 7.02. The zero-order chi connectivity index (χ0) is 11.4. The van der Waals surface area contributed by atoms with Gasteiger partial charge in [0, 0.05) is 19.3 Å². The van der Waals surface area contributed by atoms with Gasteiger partial charge in [-0.25, -0.2) is 4.39 Å². The maximum Gasteiger partial charge on any atom is 0.126 e. The number of rotatable bonds is 3. The first-order valence-electron chi connectivity index (χ1n) is 4.59. The molecule has 0 aromatic heterocycles. The maximum absolute atomic E-state index is 13.1. The molecule has 2 nitrogen and oxygen atoms in total. The summed E-state index contributed by atoms with van der Waals surface area (Å²) in [7, 11) is 1.84. The van der Waals surface area contributed by atoms with E-state index < -0.39 is 5.82 Å². The summed E-state index contributed by atoms with van der Waals surface area (Å²) in [4.78, 5) is 1.85. The Bertz CT molecular complexity index is 418. The summed E-state index contributed by atoms with van der Waals surface area (Å²) in [5.41, 5.74) is 2.01. The Labute approximate surface area is 89.2 Å². The van der Waals surface area contributed by atoms with E-state index >= 15 is 0 Å². The van der Waals surface area contributed by atoms with Gasteiger partial charge in [-0.1, -0.05) is 12.2 Å². The van der Waals surface area contributed by atoms with Crippen LogP contribution >= 0.6 is 0 Å². The van der Waals surface area contributed by atoms with Crippen molar-refractivity contribution in [3.05, 3.63) is 41.7 Å². The third-order valence-electron chi connectivity index (χ3n) is 1.96. The third-order valence-corrected chi connectivity index (χ3v) is 1.96. The second-order valence-corrected chi connectivity index (χ2v) is 3.62. The monoisotopic (exact) mass is 204 g/mol. The minimum absolute atomic E-state index is 0.332. The van der Waals surface area contributed by atoms with Crippen LogP contribution < -0.4 is 4.90 Å². The fraction of sp³-hybridized carbons (Fsp3) is 0.250. The van der Waals surface area contributed by atoms with Crippen molar-refractivity contribution in [1.82, 2.24) is 0 Å². The van der Waals surface area contributed by atoms with E-state index in [-0.39, 0.29) is 0 Å². The van der Waals surface area contributed by atoms with Gasteiger partial charge in [0.2, 0.25) is 0 Å². The van der Waals surface area contributed by atoms with E-state index in [2.05, 4.69) is 6.58 Å². The molecule has 0 bridgehead atoms. The molecule has 1 aromatic rings. The van der Waals surface area contributed by atoms with E-state index in [9.17, 15) is 4.39 Å². The molecule has 15 heavy (non-hydrogen) atoms. The van der Waals surface area contributed by atoms with Crippen LogP contribution in [0.5, 0.6) is 0 Å². The number of anilines is 1. The molecule has 1 aromatic carbocycles. The van der Waals surface area contributed by atoms with E-state index in [0.29, 0.717) is 17.8 Å². The fourth-order valence-electron chi connectivity index (χ4n) is 1.36. The van der Waals surface area contributed by atoms with Crippen molar-refractivity contribution < 1.29 is 4.39 Å². The van der Waals surface area contributed by atoms with Crippen molar-refractivity contribution in [2.75, 3.05) is 18.5 Å². The molecular weight excluding hydrogens is 191 g/mol. The summed E-state index contributed by atoms with van der Waals surface area (Å²) in [6, 6.07) is 6.21. The predicted molar refractivity (Wildman–Crippen MR) is 59.2 cm³/mol. The first kappa shape index (κ1) is 11.3. The van der Waals surface area contributed by atoms with Gasteiger partial charge in [-0.15, -0.1) is 0 Å². The number of nitriles is 1. The van der Waals surface area contributed by atoms with Crippen molar-refractivity contribution in [1.29, 1.82) is 5.26 Å². The van der Waals surface area contributed by atoms with Gasteiger partial charge < -0.3 is 4.90 Å². The van der Waals surface area contributed by atoms with Gasteiger partial charge in [-0.05, 0) is 25.1 Å². The van der Waals surface area contributed by atoms with Gasteiger partial charge in [-0.3, -0.25) is 0 Å². The molecule has 3 heteroatoms. The molecule has 0 aliphatic heterocycles. The number of likely N-dealkylation sites (N-methyl/N-ethyl adjacent to an activating group) is 1. The third kappa shape index (κ3) is 3.10. The number of nitrogens with zero attached hydrogens (tertiary/aromatic N) is 2. The Hall–Kier alpha value is -1.82. The van der Waals surface area contributed by atoms with Crippen LogP contribution in [-0.4, -0.2) is 13.6 Å². The Balaban J connectivity index is 2.99. The largest absolute Gasteiger partial charge is 0.371 e. The number of hydrogen-bond donors (Lipinski definition) is 0. The van der Waals surface area contributed by atoms with E-state index in [1.807, 2.05) is 24.9 Å². The Morgan fingerprint density at radius 2 is 2.20 bits per heavy atom. The van der Waals surface area contributed by atoms with E-state index in [1.54, 1.807) is 6.07 Å². The zero-order valence-corrected chi connectivity index (χ0v) is 8.92. The van der Waals surface area contributed by atoms with Crippen LogP contribution in [0.1, 0.15) is 12.5 Å². The molecule has 0 aliphatic carbocycles. The van der Waals surface area contributed by atoms with Crippen LogP contribution in [0.2, 0.25) is 0 Å². The Morgan fingerprint density at radius 3 is 2.73 bits per heavy atom. The molecule has 0 atom stereocenters. The van der Waals surface area contributed by atoms with Gasteiger partial charge in [0.1, 0.15) is 5.82 Å². The molecule has 0 aliphatic rings. The number of hydrogen-bond acceptors (Lipinski definition) is 2. The molecule has 0 fully saturated rings. The Kier molecular flexibility index (Phi) is 3.46.